The average Bonchev–Trinajstić information content (AvgIpc) is 3.16. The van der Waals surface area contributed by atoms with Crippen LogP contribution < -0.4 is 15.4 Å². The third-order valence-corrected chi connectivity index (χ3v) is 5.94. The number of imide groups is 2. The number of nitrogens with one attached hydrogen (secondary N) is 2. The predicted molar refractivity (Wildman–Crippen MR) is 146 cm³/mol. The van der Waals surface area contributed by atoms with Crippen molar-refractivity contribution in [2.24, 2.45) is 0 Å². The predicted octanol–water partition coefficient (Wildman–Crippen LogP) is 1.06. The van der Waals surface area contributed by atoms with Crippen LogP contribution in [0.5, 0.6) is 5.75 Å². The van der Waals surface area contributed by atoms with Crippen LogP contribution in [0.1, 0.15) is 54.3 Å². The summed E-state index contributed by atoms with van der Waals surface area (Å²) in [5.74, 6) is -1.85. The van der Waals surface area contributed by atoms with E-state index in [0.29, 0.717) is 58.5 Å². The van der Waals surface area contributed by atoms with Crippen LogP contribution in [0.2, 0.25) is 0 Å². The lowest BCUT2D eigenvalue weighted by atomic mass is 10.0. The highest BCUT2D eigenvalue weighted by molar-refractivity contribution is 6.23. The summed E-state index contributed by atoms with van der Waals surface area (Å²) in [5, 5.41) is 4.78. The molecule has 2 aliphatic heterocycles. The van der Waals surface area contributed by atoms with Crippen LogP contribution >= 0.6 is 0 Å². The average molecular weight is 594 g/mol. The number of nitrogens with zero attached hydrogens (tertiary/aromatic N) is 1. The molecule has 14 nitrogen and oxygen atoms in total. The molecule has 1 saturated heterocycles. The summed E-state index contributed by atoms with van der Waals surface area (Å²) >= 11 is 0. The summed E-state index contributed by atoms with van der Waals surface area (Å²) in [6.07, 6.45) is -0.320. The molecule has 42 heavy (non-hydrogen) atoms. The van der Waals surface area contributed by atoms with Crippen LogP contribution in [-0.2, 0) is 33.3 Å². The van der Waals surface area contributed by atoms with E-state index in [-0.39, 0.29) is 37.2 Å². The Balaban J connectivity index is 1.18. The zero-order valence-electron chi connectivity index (χ0n) is 24.2. The van der Waals surface area contributed by atoms with Crippen molar-refractivity contribution in [3.05, 3.63) is 29.3 Å². The number of hydrogen-bond acceptors (Lipinski definition) is 11. The van der Waals surface area contributed by atoms with Gasteiger partial charge < -0.3 is 33.7 Å². The second kappa shape index (κ2) is 16.2. The fourth-order valence-corrected chi connectivity index (χ4v) is 4.06. The van der Waals surface area contributed by atoms with Crippen molar-refractivity contribution < 1.29 is 52.4 Å². The standard InChI is InChI=1S/C28H39N3O11/c1-28(2,3)42-27(36)29-8-9-37-10-11-38-12-13-39-14-15-40-16-17-41-19-4-5-20-21(18-19)26(35)31(25(20)34)22-6-7-23(32)30-24(22)33/h4-5,18,22H,6-17H2,1-3H3,(H,29,36)(H,30,32,33). The van der Waals surface area contributed by atoms with E-state index >= 15 is 0 Å². The third-order valence-electron chi connectivity index (χ3n) is 5.94. The highest BCUT2D eigenvalue weighted by atomic mass is 16.6. The zero-order valence-corrected chi connectivity index (χ0v) is 24.2. The van der Waals surface area contributed by atoms with Crippen molar-refractivity contribution in [2.45, 2.75) is 45.3 Å². The molecular weight excluding hydrogens is 554 g/mol. The third kappa shape index (κ3) is 10.4. The molecule has 3 rings (SSSR count). The maximum Gasteiger partial charge on any atom is 0.407 e. The molecule has 0 aromatic heterocycles. The van der Waals surface area contributed by atoms with Gasteiger partial charge in [-0.15, -0.1) is 0 Å². The Kier molecular flexibility index (Phi) is 12.7. The Morgan fingerprint density at radius 3 is 2.02 bits per heavy atom. The molecular formula is C28H39N3O11. The number of rotatable bonds is 17. The molecule has 0 radical (unpaired) electrons. The van der Waals surface area contributed by atoms with Crippen molar-refractivity contribution in [2.75, 3.05) is 66.0 Å². The van der Waals surface area contributed by atoms with Gasteiger partial charge in [0, 0.05) is 13.0 Å². The van der Waals surface area contributed by atoms with E-state index in [1.807, 2.05) is 0 Å². The van der Waals surface area contributed by atoms with E-state index in [4.69, 9.17) is 28.4 Å². The summed E-state index contributed by atoms with van der Waals surface area (Å²) in [5.41, 5.74) is -0.193. The van der Waals surface area contributed by atoms with E-state index < -0.39 is 41.4 Å². The summed E-state index contributed by atoms with van der Waals surface area (Å²) < 4.78 is 32.5. The summed E-state index contributed by atoms with van der Waals surface area (Å²) in [6, 6.07) is 3.52. The van der Waals surface area contributed by atoms with Gasteiger partial charge in [0.25, 0.3) is 11.8 Å². The minimum atomic E-state index is -1.01. The van der Waals surface area contributed by atoms with Crippen molar-refractivity contribution in [3.8, 4) is 5.75 Å². The molecule has 1 fully saturated rings. The number of carbonyl (C=O) groups is 5. The van der Waals surface area contributed by atoms with Crippen LogP contribution in [0, 0.1) is 0 Å². The SMILES string of the molecule is CC(C)(C)OC(=O)NCCOCCOCCOCCOCCOc1ccc2c(c1)C(=O)N(C1CCC(=O)NC1=O)C2=O. The molecule has 1 aromatic rings. The van der Waals surface area contributed by atoms with Gasteiger partial charge in [0.15, 0.2) is 0 Å². The summed E-state index contributed by atoms with van der Waals surface area (Å²) in [7, 11) is 0. The van der Waals surface area contributed by atoms with Crippen molar-refractivity contribution >= 4 is 29.7 Å². The zero-order chi connectivity index (χ0) is 30.5. The highest BCUT2D eigenvalue weighted by Crippen LogP contribution is 2.30. The number of carbonyl (C=O) groups excluding carboxylic acids is 5. The van der Waals surface area contributed by atoms with Crippen LogP contribution in [0.15, 0.2) is 18.2 Å². The van der Waals surface area contributed by atoms with Gasteiger partial charge in [0.05, 0.1) is 64.0 Å². The first-order valence-corrected chi connectivity index (χ1v) is 13.8. The first-order valence-electron chi connectivity index (χ1n) is 13.8. The molecule has 14 heteroatoms. The maximum absolute atomic E-state index is 12.9. The molecule has 0 bridgehead atoms. The van der Waals surface area contributed by atoms with Crippen LogP contribution in [0.3, 0.4) is 0 Å². The minimum absolute atomic E-state index is 0.0611. The van der Waals surface area contributed by atoms with Crippen LogP contribution in [-0.4, -0.2) is 112 Å². The number of alkyl carbamates (subject to hydrolysis) is 1. The molecule has 232 valence electrons. The number of benzene rings is 1. The van der Waals surface area contributed by atoms with Gasteiger partial charge >= 0.3 is 6.09 Å². The van der Waals surface area contributed by atoms with Gasteiger partial charge in [-0.3, -0.25) is 29.4 Å². The van der Waals surface area contributed by atoms with Crippen molar-refractivity contribution in [1.29, 1.82) is 0 Å². The lowest BCUT2D eigenvalue weighted by Gasteiger charge is -2.27. The second-order valence-corrected chi connectivity index (χ2v) is 10.4. The largest absolute Gasteiger partial charge is 0.491 e. The smallest absolute Gasteiger partial charge is 0.407 e. The number of fused-ring (bicyclic) bond motifs is 1. The summed E-state index contributed by atoms with van der Waals surface area (Å²) in [6.45, 7) is 8.93. The molecule has 2 heterocycles. The fraction of sp³-hybridized carbons (Fsp3) is 0.607. The molecule has 0 spiro atoms. The lowest BCUT2D eigenvalue weighted by molar-refractivity contribution is -0.136. The van der Waals surface area contributed by atoms with E-state index in [9.17, 15) is 24.0 Å². The quantitative estimate of drug-likeness (QED) is 0.196. The van der Waals surface area contributed by atoms with Gasteiger partial charge in [-0.05, 0) is 45.4 Å². The Bertz CT molecular complexity index is 1120. The first-order chi connectivity index (χ1) is 20.1. The molecule has 2 N–H and O–H groups in total. The van der Waals surface area contributed by atoms with Gasteiger partial charge in [-0.1, -0.05) is 0 Å². The fourth-order valence-electron chi connectivity index (χ4n) is 4.06. The number of piperidine rings is 1. The maximum atomic E-state index is 12.9. The van der Waals surface area contributed by atoms with Gasteiger partial charge in [-0.25, -0.2) is 4.79 Å². The number of hydrogen-bond donors (Lipinski definition) is 2. The van der Waals surface area contributed by atoms with Gasteiger partial charge in [0.1, 0.15) is 24.0 Å². The Labute approximate surface area is 244 Å². The molecule has 5 amide bonds. The van der Waals surface area contributed by atoms with Crippen LogP contribution in [0.25, 0.3) is 0 Å². The van der Waals surface area contributed by atoms with Crippen molar-refractivity contribution in [1.82, 2.24) is 15.5 Å². The van der Waals surface area contributed by atoms with E-state index in [1.54, 1.807) is 26.8 Å². The molecule has 1 atom stereocenters. The molecule has 1 unspecified atom stereocenters. The van der Waals surface area contributed by atoms with E-state index in [0.717, 1.165) is 4.90 Å². The molecule has 0 saturated carbocycles. The van der Waals surface area contributed by atoms with E-state index in [1.165, 1.54) is 12.1 Å². The Hall–Kier alpha value is -3.59. The topological polar surface area (TPSA) is 168 Å². The molecule has 2 aliphatic rings. The molecule has 0 aliphatic carbocycles. The highest BCUT2D eigenvalue weighted by Gasteiger charge is 2.44. The second-order valence-electron chi connectivity index (χ2n) is 10.4. The number of amides is 5. The summed E-state index contributed by atoms with van der Waals surface area (Å²) in [4.78, 5) is 61.6. The van der Waals surface area contributed by atoms with Gasteiger partial charge in [-0.2, -0.15) is 0 Å². The first kappa shape index (κ1) is 32.9. The van der Waals surface area contributed by atoms with Gasteiger partial charge in [0.2, 0.25) is 11.8 Å². The Morgan fingerprint density at radius 2 is 1.43 bits per heavy atom. The number of ether oxygens (including phenoxy) is 6. The normalized spacial score (nSPS) is 16.8. The monoisotopic (exact) mass is 593 g/mol. The minimum Gasteiger partial charge on any atom is -0.491 e. The molecule has 1 aromatic carbocycles. The van der Waals surface area contributed by atoms with E-state index in [2.05, 4.69) is 10.6 Å². The lowest BCUT2D eigenvalue weighted by Crippen LogP contribution is -2.54. The Morgan fingerprint density at radius 1 is 0.857 bits per heavy atom. The van der Waals surface area contributed by atoms with Crippen LogP contribution in [0.4, 0.5) is 4.79 Å². The van der Waals surface area contributed by atoms with Crippen molar-refractivity contribution in [3.63, 3.8) is 0 Å².